The van der Waals surface area contributed by atoms with Crippen molar-refractivity contribution in [1.82, 2.24) is 9.97 Å². The maximum Gasteiger partial charge on any atom is 0.196 e. The second-order valence-corrected chi connectivity index (χ2v) is 2.18. The molecule has 4 heteroatoms. The van der Waals surface area contributed by atoms with Crippen LogP contribution in [0.25, 0.3) is 0 Å². The number of hydrogen-bond acceptors (Lipinski definition) is 3. The van der Waals surface area contributed by atoms with Gasteiger partial charge in [0.1, 0.15) is 0 Å². The van der Waals surface area contributed by atoms with Crippen LogP contribution in [0.2, 0.25) is 0 Å². The molecule has 0 bridgehead atoms. The molecule has 3 nitrogen and oxygen atoms in total. The van der Waals surface area contributed by atoms with Gasteiger partial charge >= 0.3 is 0 Å². The van der Waals surface area contributed by atoms with E-state index in [0.717, 1.165) is 0 Å². The van der Waals surface area contributed by atoms with E-state index in [1.807, 2.05) is 0 Å². The lowest BCUT2D eigenvalue weighted by Gasteiger charge is -1.91. The second-order valence-electron chi connectivity index (χ2n) is 1.48. The monoisotopic (exact) mass is 188 g/mol. The Kier molecular flexibility index (Phi) is 2.13. The maximum atomic E-state index is 8.55. The molecule has 0 amide bonds. The zero-order valence-electron chi connectivity index (χ0n) is 4.58. The van der Waals surface area contributed by atoms with Crippen LogP contribution in [0.1, 0.15) is 5.69 Å². The van der Waals surface area contributed by atoms with E-state index < -0.39 is 0 Å². The van der Waals surface area contributed by atoms with Gasteiger partial charge in [-0.1, -0.05) is 0 Å². The molecule has 1 N–H and O–H groups in total. The van der Waals surface area contributed by atoms with E-state index in [9.17, 15) is 0 Å². The summed E-state index contributed by atoms with van der Waals surface area (Å²) in [7, 11) is 0. The topological polar surface area (TPSA) is 46.0 Å². The van der Waals surface area contributed by atoms with E-state index >= 15 is 0 Å². The van der Waals surface area contributed by atoms with Gasteiger partial charge < -0.3 is 5.11 Å². The molecule has 0 spiro atoms. The first-order chi connectivity index (χ1) is 4.33. The summed E-state index contributed by atoms with van der Waals surface area (Å²) in [6.07, 6.45) is 1.59. The van der Waals surface area contributed by atoms with Crippen LogP contribution in [-0.2, 0) is 6.61 Å². The predicted molar refractivity (Wildman–Crippen MR) is 35.7 cm³/mol. The Hall–Kier alpha value is -0.480. The normalized spacial score (nSPS) is 9.56. The summed E-state index contributed by atoms with van der Waals surface area (Å²) >= 11 is 3.07. The van der Waals surface area contributed by atoms with Crippen molar-refractivity contribution in [3.05, 3.63) is 22.7 Å². The zero-order valence-corrected chi connectivity index (χ0v) is 6.17. The third-order valence-electron chi connectivity index (χ3n) is 0.846. The quantitative estimate of drug-likeness (QED) is 0.662. The Morgan fingerprint density at radius 2 is 2.44 bits per heavy atom. The minimum Gasteiger partial charge on any atom is -0.390 e. The van der Waals surface area contributed by atoms with Gasteiger partial charge in [0.2, 0.25) is 0 Å². The van der Waals surface area contributed by atoms with Gasteiger partial charge in [-0.25, -0.2) is 9.97 Å². The largest absolute Gasteiger partial charge is 0.390 e. The summed E-state index contributed by atoms with van der Waals surface area (Å²) in [4.78, 5) is 7.63. The summed E-state index contributed by atoms with van der Waals surface area (Å²) in [5.74, 6) is 0. The van der Waals surface area contributed by atoms with Crippen LogP contribution in [0.3, 0.4) is 0 Å². The minimum absolute atomic E-state index is 0.0406. The molecule has 48 valence electrons. The lowest BCUT2D eigenvalue weighted by atomic mass is 10.4. The van der Waals surface area contributed by atoms with Crippen molar-refractivity contribution in [3.8, 4) is 0 Å². The highest BCUT2D eigenvalue weighted by Gasteiger charge is 1.91. The summed E-state index contributed by atoms with van der Waals surface area (Å²) in [5.41, 5.74) is 0.622. The van der Waals surface area contributed by atoms with Gasteiger partial charge in [-0.05, 0) is 22.0 Å². The van der Waals surface area contributed by atoms with Gasteiger partial charge in [0, 0.05) is 6.20 Å². The SMILES string of the molecule is OCc1ccnc(Br)n1. The predicted octanol–water partition coefficient (Wildman–Crippen LogP) is 0.731. The van der Waals surface area contributed by atoms with E-state index in [4.69, 9.17) is 5.11 Å². The average Bonchev–Trinajstić information content (AvgIpc) is 1.88. The molecule has 0 radical (unpaired) electrons. The Labute approximate surface area is 60.9 Å². The van der Waals surface area contributed by atoms with Crippen LogP contribution in [0.5, 0.6) is 0 Å². The van der Waals surface area contributed by atoms with Crippen LogP contribution in [-0.4, -0.2) is 15.1 Å². The standard InChI is InChI=1S/C5H5BrN2O/c6-5-7-2-1-4(3-9)8-5/h1-2,9H,3H2. The van der Waals surface area contributed by atoms with Gasteiger partial charge in [-0.3, -0.25) is 0 Å². The molecular formula is C5H5BrN2O. The lowest BCUT2D eigenvalue weighted by molar-refractivity contribution is 0.276. The molecule has 1 rings (SSSR count). The number of rotatable bonds is 1. The Morgan fingerprint density at radius 1 is 1.67 bits per heavy atom. The number of aliphatic hydroxyl groups excluding tert-OH is 1. The van der Waals surface area contributed by atoms with Crippen molar-refractivity contribution in [3.63, 3.8) is 0 Å². The molecule has 1 aromatic heterocycles. The Morgan fingerprint density at radius 3 is 2.89 bits per heavy atom. The smallest absolute Gasteiger partial charge is 0.196 e. The van der Waals surface area contributed by atoms with E-state index in [1.165, 1.54) is 0 Å². The third kappa shape index (κ3) is 1.73. The first kappa shape index (κ1) is 6.64. The maximum absolute atomic E-state index is 8.55. The molecule has 1 heterocycles. The number of aliphatic hydroxyl groups is 1. The number of hydrogen-bond donors (Lipinski definition) is 1. The van der Waals surface area contributed by atoms with Gasteiger partial charge in [0.15, 0.2) is 4.73 Å². The molecule has 0 saturated carbocycles. The van der Waals surface area contributed by atoms with E-state index in [2.05, 4.69) is 25.9 Å². The van der Waals surface area contributed by atoms with Crippen molar-refractivity contribution >= 4 is 15.9 Å². The van der Waals surface area contributed by atoms with Crippen LogP contribution >= 0.6 is 15.9 Å². The van der Waals surface area contributed by atoms with Crippen LogP contribution in [0, 0.1) is 0 Å². The number of nitrogens with zero attached hydrogens (tertiary/aromatic N) is 2. The highest BCUT2D eigenvalue weighted by Crippen LogP contribution is 2.00. The van der Waals surface area contributed by atoms with Crippen molar-refractivity contribution in [2.45, 2.75) is 6.61 Å². The van der Waals surface area contributed by atoms with E-state index in [-0.39, 0.29) is 6.61 Å². The molecule has 0 unspecified atom stereocenters. The summed E-state index contributed by atoms with van der Waals surface area (Å²) in [5, 5.41) is 8.55. The van der Waals surface area contributed by atoms with E-state index in [0.29, 0.717) is 10.4 Å². The fourth-order valence-electron chi connectivity index (χ4n) is 0.458. The van der Waals surface area contributed by atoms with Crippen molar-refractivity contribution in [2.24, 2.45) is 0 Å². The van der Waals surface area contributed by atoms with Crippen LogP contribution < -0.4 is 0 Å². The van der Waals surface area contributed by atoms with Crippen molar-refractivity contribution < 1.29 is 5.11 Å². The highest BCUT2D eigenvalue weighted by molar-refractivity contribution is 9.10. The first-order valence-electron chi connectivity index (χ1n) is 2.41. The highest BCUT2D eigenvalue weighted by atomic mass is 79.9. The Bertz CT molecular complexity index is 204. The fourth-order valence-corrected chi connectivity index (χ4v) is 0.803. The summed E-state index contributed by atoms with van der Waals surface area (Å²) in [6, 6.07) is 1.66. The molecule has 9 heavy (non-hydrogen) atoms. The molecule has 0 aliphatic carbocycles. The molecule has 0 atom stereocenters. The molecule has 0 aromatic carbocycles. The van der Waals surface area contributed by atoms with Crippen molar-refractivity contribution in [2.75, 3.05) is 0 Å². The molecule has 0 aliphatic rings. The van der Waals surface area contributed by atoms with E-state index in [1.54, 1.807) is 12.3 Å². The molecule has 0 fully saturated rings. The summed E-state index contributed by atoms with van der Waals surface area (Å²) < 4.78 is 0.508. The van der Waals surface area contributed by atoms with Gasteiger partial charge in [-0.2, -0.15) is 0 Å². The summed E-state index contributed by atoms with van der Waals surface area (Å²) in [6.45, 7) is -0.0406. The van der Waals surface area contributed by atoms with Gasteiger partial charge in [0.25, 0.3) is 0 Å². The van der Waals surface area contributed by atoms with Crippen molar-refractivity contribution in [1.29, 1.82) is 0 Å². The first-order valence-corrected chi connectivity index (χ1v) is 3.20. The van der Waals surface area contributed by atoms with Crippen LogP contribution in [0.15, 0.2) is 17.0 Å². The molecule has 1 aromatic rings. The second kappa shape index (κ2) is 2.89. The molecule has 0 saturated heterocycles. The molecular weight excluding hydrogens is 184 g/mol. The van der Waals surface area contributed by atoms with Gasteiger partial charge in [-0.15, -0.1) is 0 Å². The number of aromatic nitrogens is 2. The zero-order chi connectivity index (χ0) is 6.69. The Balaban J connectivity index is 2.94. The van der Waals surface area contributed by atoms with Crippen LogP contribution in [0.4, 0.5) is 0 Å². The fraction of sp³-hybridized carbons (Fsp3) is 0.200. The number of halogens is 1. The van der Waals surface area contributed by atoms with Gasteiger partial charge in [0.05, 0.1) is 12.3 Å². The minimum atomic E-state index is -0.0406. The average molecular weight is 189 g/mol. The third-order valence-corrected chi connectivity index (χ3v) is 1.23. The molecule has 0 aliphatic heterocycles. The lowest BCUT2D eigenvalue weighted by Crippen LogP contribution is -1.89.